The molecule has 0 aromatic carbocycles. The van der Waals surface area contributed by atoms with Gasteiger partial charge in [-0.05, 0) is 6.07 Å². The zero-order chi connectivity index (χ0) is 12.3. The third kappa shape index (κ3) is 3.48. The van der Waals surface area contributed by atoms with E-state index in [1.165, 1.54) is 0 Å². The molecule has 94 valence electrons. The van der Waals surface area contributed by atoms with Gasteiger partial charge in [0.05, 0.1) is 13.2 Å². The molecule has 0 bridgehead atoms. The van der Waals surface area contributed by atoms with Gasteiger partial charge in [-0.3, -0.25) is 0 Å². The molecule has 0 aliphatic carbocycles. The standard InChI is InChI=1S/C13H21N3O/c1-13(2,3)11-4-5-15-12(16-11)8-10-9-17-7-6-14-10/h4-5,10,14H,6-9H2,1-3H3. The van der Waals surface area contributed by atoms with E-state index in [1.54, 1.807) is 0 Å². The minimum absolute atomic E-state index is 0.0776. The molecule has 1 atom stereocenters. The highest BCUT2D eigenvalue weighted by Gasteiger charge is 2.18. The molecule has 1 aromatic rings. The SMILES string of the molecule is CC(C)(C)c1ccnc(CC2COCCN2)n1. The number of nitrogens with one attached hydrogen (secondary N) is 1. The van der Waals surface area contributed by atoms with E-state index in [2.05, 4.69) is 36.1 Å². The summed E-state index contributed by atoms with van der Waals surface area (Å²) in [4.78, 5) is 8.97. The molecule has 0 radical (unpaired) electrons. The molecular formula is C13H21N3O. The van der Waals surface area contributed by atoms with Gasteiger partial charge in [-0.25, -0.2) is 9.97 Å². The summed E-state index contributed by atoms with van der Waals surface area (Å²) < 4.78 is 5.43. The van der Waals surface area contributed by atoms with Crippen LogP contribution in [-0.4, -0.2) is 35.8 Å². The third-order valence-corrected chi connectivity index (χ3v) is 2.90. The Morgan fingerprint density at radius 2 is 2.29 bits per heavy atom. The van der Waals surface area contributed by atoms with E-state index in [0.29, 0.717) is 6.04 Å². The van der Waals surface area contributed by atoms with E-state index < -0.39 is 0 Å². The lowest BCUT2D eigenvalue weighted by Crippen LogP contribution is -2.42. The maximum absolute atomic E-state index is 5.43. The topological polar surface area (TPSA) is 47.0 Å². The van der Waals surface area contributed by atoms with Crippen molar-refractivity contribution in [2.45, 2.75) is 38.6 Å². The Bertz CT molecular complexity index is 367. The highest BCUT2D eigenvalue weighted by atomic mass is 16.5. The summed E-state index contributed by atoms with van der Waals surface area (Å²) in [5.41, 5.74) is 1.17. The largest absolute Gasteiger partial charge is 0.379 e. The fourth-order valence-corrected chi connectivity index (χ4v) is 1.89. The minimum atomic E-state index is 0.0776. The Kier molecular flexibility index (Phi) is 3.74. The molecule has 1 unspecified atom stereocenters. The first-order valence-electron chi connectivity index (χ1n) is 6.19. The van der Waals surface area contributed by atoms with Crippen molar-refractivity contribution in [3.8, 4) is 0 Å². The number of morpholine rings is 1. The molecule has 2 heterocycles. The first-order valence-corrected chi connectivity index (χ1v) is 6.19. The molecule has 0 saturated carbocycles. The maximum atomic E-state index is 5.43. The van der Waals surface area contributed by atoms with E-state index in [0.717, 1.165) is 37.7 Å². The number of hydrogen-bond donors (Lipinski definition) is 1. The van der Waals surface area contributed by atoms with Gasteiger partial charge in [0, 0.05) is 36.3 Å². The summed E-state index contributed by atoms with van der Waals surface area (Å²) in [6.45, 7) is 8.98. The first kappa shape index (κ1) is 12.5. The Morgan fingerprint density at radius 1 is 1.47 bits per heavy atom. The summed E-state index contributed by atoms with van der Waals surface area (Å²) in [5.74, 6) is 0.903. The predicted molar refractivity (Wildman–Crippen MR) is 67.0 cm³/mol. The molecule has 1 aliphatic rings. The number of hydrogen-bond acceptors (Lipinski definition) is 4. The highest BCUT2D eigenvalue weighted by molar-refractivity contribution is 5.12. The van der Waals surface area contributed by atoms with Gasteiger partial charge < -0.3 is 10.1 Å². The molecule has 2 rings (SSSR count). The molecule has 1 fully saturated rings. The monoisotopic (exact) mass is 235 g/mol. The minimum Gasteiger partial charge on any atom is -0.379 e. The zero-order valence-electron chi connectivity index (χ0n) is 10.9. The van der Waals surface area contributed by atoms with Crippen LogP contribution >= 0.6 is 0 Å². The van der Waals surface area contributed by atoms with Gasteiger partial charge in [-0.1, -0.05) is 20.8 Å². The quantitative estimate of drug-likeness (QED) is 0.839. The van der Waals surface area contributed by atoms with E-state index in [4.69, 9.17) is 4.74 Å². The van der Waals surface area contributed by atoms with Gasteiger partial charge in [0.15, 0.2) is 0 Å². The van der Waals surface area contributed by atoms with Crippen LogP contribution < -0.4 is 5.32 Å². The van der Waals surface area contributed by atoms with Crippen LogP contribution in [0, 0.1) is 0 Å². The van der Waals surface area contributed by atoms with Gasteiger partial charge in [0.25, 0.3) is 0 Å². The van der Waals surface area contributed by atoms with E-state index >= 15 is 0 Å². The lowest BCUT2D eigenvalue weighted by Gasteiger charge is -2.24. The smallest absolute Gasteiger partial charge is 0.130 e. The van der Waals surface area contributed by atoms with E-state index in [1.807, 2.05) is 12.3 Å². The summed E-state index contributed by atoms with van der Waals surface area (Å²) in [6.07, 6.45) is 2.69. The van der Waals surface area contributed by atoms with Crippen LogP contribution in [-0.2, 0) is 16.6 Å². The maximum Gasteiger partial charge on any atom is 0.130 e. The van der Waals surface area contributed by atoms with Gasteiger partial charge in [-0.2, -0.15) is 0 Å². The molecule has 1 N–H and O–H groups in total. The molecule has 17 heavy (non-hydrogen) atoms. The Labute approximate surface area is 103 Å². The van der Waals surface area contributed by atoms with Crippen molar-refractivity contribution in [1.29, 1.82) is 0 Å². The van der Waals surface area contributed by atoms with Crippen LogP contribution in [0.4, 0.5) is 0 Å². The molecule has 0 amide bonds. The molecule has 4 heteroatoms. The Morgan fingerprint density at radius 3 is 2.94 bits per heavy atom. The molecule has 1 aromatic heterocycles. The average Bonchev–Trinajstić information content (AvgIpc) is 2.29. The van der Waals surface area contributed by atoms with Crippen molar-refractivity contribution in [2.24, 2.45) is 0 Å². The summed E-state index contributed by atoms with van der Waals surface area (Å²) in [5, 5.41) is 3.42. The van der Waals surface area contributed by atoms with Crippen LogP contribution in [0.5, 0.6) is 0 Å². The molecule has 1 aliphatic heterocycles. The lowest BCUT2D eigenvalue weighted by atomic mass is 9.92. The third-order valence-electron chi connectivity index (χ3n) is 2.90. The van der Waals surface area contributed by atoms with Crippen LogP contribution in [0.3, 0.4) is 0 Å². The van der Waals surface area contributed by atoms with E-state index in [9.17, 15) is 0 Å². The number of ether oxygens (including phenoxy) is 1. The summed E-state index contributed by atoms with van der Waals surface area (Å²) in [7, 11) is 0. The molecule has 0 spiro atoms. The number of aromatic nitrogens is 2. The van der Waals surface area contributed by atoms with Crippen molar-refractivity contribution >= 4 is 0 Å². The van der Waals surface area contributed by atoms with Gasteiger partial charge >= 0.3 is 0 Å². The summed E-state index contributed by atoms with van der Waals surface area (Å²) in [6, 6.07) is 2.34. The van der Waals surface area contributed by atoms with Crippen LogP contribution in [0.25, 0.3) is 0 Å². The second-order valence-corrected chi connectivity index (χ2v) is 5.54. The Balaban J connectivity index is 2.05. The van der Waals surface area contributed by atoms with Gasteiger partial charge in [0.1, 0.15) is 5.82 Å². The summed E-state index contributed by atoms with van der Waals surface area (Å²) >= 11 is 0. The van der Waals surface area contributed by atoms with Crippen molar-refractivity contribution in [3.05, 3.63) is 23.8 Å². The van der Waals surface area contributed by atoms with Crippen LogP contribution in [0.1, 0.15) is 32.3 Å². The lowest BCUT2D eigenvalue weighted by molar-refractivity contribution is 0.0763. The normalized spacial score (nSPS) is 21.5. The average molecular weight is 235 g/mol. The molecule has 4 nitrogen and oxygen atoms in total. The van der Waals surface area contributed by atoms with Gasteiger partial charge in [0.2, 0.25) is 0 Å². The van der Waals surface area contributed by atoms with Crippen molar-refractivity contribution in [3.63, 3.8) is 0 Å². The first-order chi connectivity index (χ1) is 8.05. The zero-order valence-corrected chi connectivity index (χ0v) is 10.9. The van der Waals surface area contributed by atoms with Crippen LogP contribution in [0.15, 0.2) is 12.3 Å². The fourth-order valence-electron chi connectivity index (χ4n) is 1.89. The molecular weight excluding hydrogens is 214 g/mol. The predicted octanol–water partition coefficient (Wildman–Crippen LogP) is 1.30. The highest BCUT2D eigenvalue weighted by Crippen LogP contribution is 2.19. The second-order valence-electron chi connectivity index (χ2n) is 5.54. The molecule has 1 saturated heterocycles. The number of rotatable bonds is 2. The number of nitrogens with zero attached hydrogens (tertiary/aromatic N) is 2. The fraction of sp³-hybridized carbons (Fsp3) is 0.692. The Hall–Kier alpha value is -1.00. The van der Waals surface area contributed by atoms with E-state index in [-0.39, 0.29) is 5.41 Å². The van der Waals surface area contributed by atoms with Gasteiger partial charge in [-0.15, -0.1) is 0 Å². The second kappa shape index (κ2) is 5.10. The van der Waals surface area contributed by atoms with Crippen molar-refractivity contribution in [2.75, 3.05) is 19.8 Å². The van der Waals surface area contributed by atoms with Crippen LogP contribution in [0.2, 0.25) is 0 Å². The van der Waals surface area contributed by atoms with Crippen molar-refractivity contribution < 1.29 is 4.74 Å². The van der Waals surface area contributed by atoms with Crippen molar-refractivity contribution in [1.82, 2.24) is 15.3 Å².